The summed E-state index contributed by atoms with van der Waals surface area (Å²) < 4.78 is 33.0. The number of hydrogen-bond acceptors (Lipinski definition) is 4. The van der Waals surface area contributed by atoms with Crippen molar-refractivity contribution in [1.29, 1.82) is 0 Å². The maximum atomic E-state index is 12.9. The van der Waals surface area contributed by atoms with E-state index in [0.717, 1.165) is 12.8 Å². The third-order valence-electron chi connectivity index (χ3n) is 5.16. The largest absolute Gasteiger partial charge is 0.491 e. The van der Waals surface area contributed by atoms with Crippen LogP contribution in [0.2, 0.25) is 0 Å². The van der Waals surface area contributed by atoms with Gasteiger partial charge in [-0.25, -0.2) is 8.42 Å². The molecule has 0 aliphatic carbocycles. The number of nitrogens with zero attached hydrogens (tertiary/aromatic N) is 2. The highest BCUT2D eigenvalue weighted by Gasteiger charge is 2.32. The third kappa shape index (κ3) is 4.54. The minimum atomic E-state index is -3.40. The van der Waals surface area contributed by atoms with Crippen molar-refractivity contribution in [2.75, 3.05) is 26.2 Å². The molecule has 6 heteroatoms. The monoisotopic (exact) mass is 366 g/mol. The van der Waals surface area contributed by atoms with Gasteiger partial charge in [0, 0.05) is 19.1 Å². The fraction of sp³-hybridized carbons (Fsp3) is 0.684. The highest BCUT2D eigenvalue weighted by molar-refractivity contribution is 7.89. The van der Waals surface area contributed by atoms with Crippen molar-refractivity contribution >= 4 is 10.0 Å². The maximum Gasteiger partial charge on any atom is 0.243 e. The van der Waals surface area contributed by atoms with E-state index in [4.69, 9.17) is 4.74 Å². The predicted molar refractivity (Wildman–Crippen MR) is 99.4 cm³/mol. The summed E-state index contributed by atoms with van der Waals surface area (Å²) >= 11 is 0. The molecular formula is C19H30N2O3S. The Balaban J connectivity index is 1.61. The summed E-state index contributed by atoms with van der Waals surface area (Å²) in [6.07, 6.45) is 5.85. The van der Waals surface area contributed by atoms with Gasteiger partial charge in [0.15, 0.2) is 0 Å². The molecule has 2 aliphatic heterocycles. The summed E-state index contributed by atoms with van der Waals surface area (Å²) in [5, 5.41) is 0. The summed E-state index contributed by atoms with van der Waals surface area (Å²) in [4.78, 5) is 2.92. The van der Waals surface area contributed by atoms with Crippen molar-refractivity contribution in [3.63, 3.8) is 0 Å². The lowest BCUT2D eigenvalue weighted by Crippen LogP contribution is -2.48. The molecule has 25 heavy (non-hydrogen) atoms. The molecule has 2 saturated heterocycles. The zero-order valence-corrected chi connectivity index (χ0v) is 16.2. The Labute approximate surface area is 152 Å². The molecule has 0 radical (unpaired) electrons. The molecule has 5 nitrogen and oxygen atoms in total. The summed E-state index contributed by atoms with van der Waals surface area (Å²) in [5.41, 5.74) is 0. The maximum absolute atomic E-state index is 12.9. The van der Waals surface area contributed by atoms with E-state index in [9.17, 15) is 8.42 Å². The van der Waals surface area contributed by atoms with Gasteiger partial charge < -0.3 is 9.64 Å². The Morgan fingerprint density at radius 2 is 1.56 bits per heavy atom. The molecule has 2 heterocycles. The van der Waals surface area contributed by atoms with Crippen molar-refractivity contribution in [3.8, 4) is 5.75 Å². The van der Waals surface area contributed by atoms with Crippen LogP contribution in [0.1, 0.15) is 46.0 Å². The minimum Gasteiger partial charge on any atom is -0.491 e. The number of sulfonamides is 1. The second-order valence-corrected chi connectivity index (χ2v) is 9.31. The first kappa shape index (κ1) is 18.7. The first-order valence-corrected chi connectivity index (χ1v) is 10.9. The molecule has 2 fully saturated rings. The third-order valence-corrected chi connectivity index (χ3v) is 7.08. The standard InChI is InChI=1S/C19H30N2O3S/c1-16(2)24-18-6-8-19(9-7-18)25(22,23)21-14-10-17(11-15-21)20-12-4-3-5-13-20/h6-9,16-17H,3-5,10-15H2,1-2H3. The molecule has 0 saturated carbocycles. The molecule has 0 bridgehead atoms. The lowest BCUT2D eigenvalue weighted by atomic mass is 10.0. The second-order valence-electron chi connectivity index (χ2n) is 7.37. The van der Waals surface area contributed by atoms with E-state index in [0.29, 0.717) is 29.8 Å². The molecule has 2 aliphatic rings. The Morgan fingerprint density at radius 3 is 2.12 bits per heavy atom. The number of benzene rings is 1. The van der Waals surface area contributed by atoms with Crippen molar-refractivity contribution in [2.24, 2.45) is 0 Å². The topological polar surface area (TPSA) is 49.9 Å². The fourth-order valence-corrected chi connectivity index (χ4v) is 5.31. The van der Waals surface area contributed by atoms with Gasteiger partial charge in [-0.3, -0.25) is 0 Å². The van der Waals surface area contributed by atoms with Gasteiger partial charge in [-0.15, -0.1) is 0 Å². The van der Waals surface area contributed by atoms with Crippen LogP contribution in [0.4, 0.5) is 0 Å². The smallest absolute Gasteiger partial charge is 0.243 e. The lowest BCUT2D eigenvalue weighted by molar-refractivity contribution is 0.118. The van der Waals surface area contributed by atoms with Gasteiger partial charge in [-0.2, -0.15) is 4.31 Å². The van der Waals surface area contributed by atoms with Gasteiger partial charge in [-0.1, -0.05) is 6.42 Å². The lowest BCUT2D eigenvalue weighted by Gasteiger charge is -2.39. The summed E-state index contributed by atoms with van der Waals surface area (Å²) in [7, 11) is -3.40. The zero-order valence-electron chi connectivity index (χ0n) is 15.4. The molecule has 0 aromatic heterocycles. The predicted octanol–water partition coefficient (Wildman–Crippen LogP) is 3.11. The average Bonchev–Trinajstić information content (AvgIpc) is 2.62. The Kier molecular flexibility index (Phi) is 6.02. The Bertz CT molecular complexity index is 644. The van der Waals surface area contributed by atoms with E-state index < -0.39 is 10.0 Å². The van der Waals surface area contributed by atoms with Crippen molar-refractivity contribution in [2.45, 2.75) is 63.0 Å². The average molecular weight is 367 g/mol. The SMILES string of the molecule is CC(C)Oc1ccc(S(=O)(=O)N2CCC(N3CCCCC3)CC2)cc1. The highest BCUT2D eigenvalue weighted by atomic mass is 32.2. The van der Waals surface area contributed by atoms with Crippen LogP contribution in [-0.2, 0) is 10.0 Å². The van der Waals surface area contributed by atoms with Crippen molar-refractivity contribution < 1.29 is 13.2 Å². The molecule has 0 unspecified atom stereocenters. The normalized spacial score (nSPS) is 21.6. The number of rotatable bonds is 5. The molecule has 1 aromatic rings. The van der Waals surface area contributed by atoms with E-state index in [1.54, 1.807) is 28.6 Å². The zero-order chi connectivity index (χ0) is 17.9. The van der Waals surface area contributed by atoms with E-state index in [-0.39, 0.29) is 6.10 Å². The van der Waals surface area contributed by atoms with Crippen LogP contribution in [0.5, 0.6) is 5.75 Å². The van der Waals surface area contributed by atoms with Gasteiger partial charge in [0.05, 0.1) is 11.0 Å². The van der Waals surface area contributed by atoms with E-state index in [2.05, 4.69) is 4.90 Å². The van der Waals surface area contributed by atoms with Crippen LogP contribution in [0, 0.1) is 0 Å². The first-order chi connectivity index (χ1) is 12.0. The Morgan fingerprint density at radius 1 is 0.960 bits per heavy atom. The molecule has 0 spiro atoms. The Hall–Kier alpha value is -1.11. The number of likely N-dealkylation sites (tertiary alicyclic amines) is 1. The number of ether oxygens (including phenoxy) is 1. The quantitative estimate of drug-likeness (QED) is 0.803. The molecule has 3 rings (SSSR count). The molecule has 0 atom stereocenters. The van der Waals surface area contributed by atoms with Crippen molar-refractivity contribution in [3.05, 3.63) is 24.3 Å². The number of hydrogen-bond donors (Lipinski definition) is 0. The van der Waals surface area contributed by atoms with E-state index in [1.165, 1.54) is 32.4 Å². The summed E-state index contributed by atoms with van der Waals surface area (Å²) in [6.45, 7) is 7.50. The molecular weight excluding hydrogens is 336 g/mol. The highest BCUT2D eigenvalue weighted by Crippen LogP contribution is 2.26. The molecule has 1 aromatic carbocycles. The van der Waals surface area contributed by atoms with Crippen LogP contribution in [0.15, 0.2) is 29.2 Å². The molecule has 0 N–H and O–H groups in total. The van der Waals surface area contributed by atoms with Gasteiger partial charge in [-0.05, 0) is 76.9 Å². The first-order valence-electron chi connectivity index (χ1n) is 9.48. The molecule has 140 valence electrons. The van der Waals surface area contributed by atoms with Gasteiger partial charge in [0.1, 0.15) is 5.75 Å². The van der Waals surface area contributed by atoms with Gasteiger partial charge >= 0.3 is 0 Å². The fourth-order valence-electron chi connectivity index (χ4n) is 3.84. The van der Waals surface area contributed by atoms with Crippen LogP contribution < -0.4 is 4.74 Å². The van der Waals surface area contributed by atoms with Gasteiger partial charge in [0.25, 0.3) is 0 Å². The van der Waals surface area contributed by atoms with E-state index >= 15 is 0 Å². The minimum absolute atomic E-state index is 0.0799. The summed E-state index contributed by atoms with van der Waals surface area (Å²) in [6, 6.07) is 7.35. The van der Waals surface area contributed by atoms with E-state index in [1.807, 2.05) is 13.8 Å². The number of piperidine rings is 2. The van der Waals surface area contributed by atoms with Gasteiger partial charge in [0.2, 0.25) is 10.0 Å². The molecule has 0 amide bonds. The van der Waals surface area contributed by atoms with Crippen LogP contribution in [0.25, 0.3) is 0 Å². The van der Waals surface area contributed by atoms with Crippen LogP contribution in [0.3, 0.4) is 0 Å². The second kappa shape index (κ2) is 8.06. The summed E-state index contributed by atoms with van der Waals surface area (Å²) in [5.74, 6) is 0.706. The van der Waals surface area contributed by atoms with Crippen LogP contribution >= 0.6 is 0 Å². The van der Waals surface area contributed by atoms with Crippen molar-refractivity contribution in [1.82, 2.24) is 9.21 Å². The van der Waals surface area contributed by atoms with Crippen LogP contribution in [-0.4, -0.2) is 55.9 Å².